The van der Waals surface area contributed by atoms with Crippen LogP contribution in [0.5, 0.6) is 0 Å². The number of carbonyl (C=O) groups excluding carboxylic acids is 1. The Morgan fingerprint density at radius 3 is 2.81 bits per heavy atom. The molecule has 0 radical (unpaired) electrons. The van der Waals surface area contributed by atoms with Crippen molar-refractivity contribution in [3.8, 4) is 0 Å². The summed E-state index contributed by atoms with van der Waals surface area (Å²) in [5, 5.41) is 3.25. The predicted octanol–water partition coefficient (Wildman–Crippen LogP) is 0.101. The van der Waals surface area contributed by atoms with Crippen LogP contribution in [0.2, 0.25) is 0 Å². The van der Waals surface area contributed by atoms with Gasteiger partial charge in [0.2, 0.25) is 6.33 Å². The summed E-state index contributed by atoms with van der Waals surface area (Å²) in [4.78, 5) is 44.0. The summed E-state index contributed by atoms with van der Waals surface area (Å²) < 4.78 is 4.81. The van der Waals surface area contributed by atoms with Crippen LogP contribution in [0.15, 0.2) is 40.2 Å². The average Bonchev–Trinajstić information content (AvgIpc) is 3.21. The Bertz CT molecular complexity index is 1250. The molecule has 3 heterocycles. The molecule has 4 rings (SSSR count). The number of anilines is 1. The fraction of sp³-hybridized carbons (Fsp3) is 0.188. The number of fused-ring (bicyclic) bond motifs is 2. The van der Waals surface area contributed by atoms with Crippen molar-refractivity contribution >= 4 is 43.8 Å². The zero-order valence-electron chi connectivity index (χ0n) is 14.0. The molecule has 132 valence electrons. The number of H-pyrrole nitrogens is 1. The molecule has 1 amide bonds. The number of hydrogen-bond donors (Lipinski definition) is 2. The number of nitrogens with one attached hydrogen (secondary N) is 2. The first-order chi connectivity index (χ1) is 12.5. The summed E-state index contributed by atoms with van der Waals surface area (Å²) in [6, 6.07) is 7.60. The number of para-hydroxylation sites is 1. The van der Waals surface area contributed by atoms with Crippen LogP contribution >= 0.6 is 11.3 Å². The van der Waals surface area contributed by atoms with Crippen molar-refractivity contribution in [2.24, 2.45) is 14.1 Å². The van der Waals surface area contributed by atoms with Crippen LogP contribution in [0.3, 0.4) is 0 Å². The highest BCUT2D eigenvalue weighted by molar-refractivity contribution is 7.22. The second-order valence-corrected chi connectivity index (χ2v) is 6.87. The van der Waals surface area contributed by atoms with Gasteiger partial charge < -0.3 is 0 Å². The Labute approximate surface area is 150 Å². The highest BCUT2D eigenvalue weighted by atomic mass is 32.1. The summed E-state index contributed by atoms with van der Waals surface area (Å²) in [6.45, 7) is -0.0800. The van der Waals surface area contributed by atoms with Crippen molar-refractivity contribution in [1.82, 2.24) is 19.1 Å². The topological polar surface area (TPSA) is 106 Å². The number of carbonyl (C=O) groups is 1. The maximum absolute atomic E-state index is 12.4. The van der Waals surface area contributed by atoms with Crippen molar-refractivity contribution in [2.45, 2.75) is 6.54 Å². The molecule has 26 heavy (non-hydrogen) atoms. The number of amides is 1. The van der Waals surface area contributed by atoms with E-state index in [1.807, 2.05) is 24.3 Å². The van der Waals surface area contributed by atoms with Crippen molar-refractivity contribution < 1.29 is 9.36 Å². The maximum atomic E-state index is 12.4. The third-order valence-electron chi connectivity index (χ3n) is 4.14. The first-order valence-electron chi connectivity index (χ1n) is 7.77. The molecular weight excluding hydrogens is 356 g/mol. The molecule has 0 fully saturated rings. The van der Waals surface area contributed by atoms with Crippen molar-refractivity contribution in [2.75, 3.05) is 5.32 Å². The SMILES string of the molecule is Cn1c(=O)c2c([nH]c[n+]2CC(=O)Nc2nc3ccccc3s2)n(C)c1=O. The number of aryl methyl sites for hydroxylation is 1. The first kappa shape index (κ1) is 16.2. The molecule has 0 unspecified atom stereocenters. The Hall–Kier alpha value is -3.27. The van der Waals surface area contributed by atoms with Crippen molar-refractivity contribution in [3.05, 3.63) is 51.4 Å². The molecule has 0 aliphatic carbocycles. The van der Waals surface area contributed by atoms with Gasteiger partial charge in [0, 0.05) is 14.1 Å². The smallest absolute Gasteiger partial charge is 0.298 e. The van der Waals surface area contributed by atoms with Crippen molar-refractivity contribution in [3.63, 3.8) is 0 Å². The zero-order chi connectivity index (χ0) is 18.4. The summed E-state index contributed by atoms with van der Waals surface area (Å²) >= 11 is 1.38. The second kappa shape index (κ2) is 5.92. The van der Waals surface area contributed by atoms with Gasteiger partial charge >= 0.3 is 11.2 Å². The lowest BCUT2D eigenvalue weighted by Gasteiger charge is -2.02. The monoisotopic (exact) mass is 371 g/mol. The normalized spacial score (nSPS) is 11.3. The third-order valence-corrected chi connectivity index (χ3v) is 5.09. The number of nitrogens with zero attached hydrogens (tertiary/aromatic N) is 4. The number of aromatic amines is 1. The number of thiazole rings is 1. The molecule has 0 bridgehead atoms. The van der Waals surface area contributed by atoms with E-state index in [1.54, 1.807) is 7.05 Å². The zero-order valence-corrected chi connectivity index (χ0v) is 14.8. The molecule has 9 nitrogen and oxygen atoms in total. The Kier molecular flexibility index (Phi) is 3.69. The van der Waals surface area contributed by atoms with Gasteiger partial charge in [-0.25, -0.2) is 19.3 Å². The standard InChI is InChI=1S/C16H14N6O3S/c1-20-13-12(14(24)21(2)16(20)25)22(8-17-13)7-11(23)19-15-18-9-5-3-4-6-10(9)26-15/h3-6,8H,7H2,1-2H3,(H,18,19,23)/p+1. The Morgan fingerprint density at radius 2 is 2.04 bits per heavy atom. The van der Waals surface area contributed by atoms with Gasteiger partial charge in [-0.1, -0.05) is 23.5 Å². The Balaban J connectivity index is 1.66. The molecule has 0 saturated carbocycles. The lowest BCUT2D eigenvalue weighted by atomic mass is 10.3. The lowest BCUT2D eigenvalue weighted by molar-refractivity contribution is -0.658. The number of benzene rings is 1. The highest BCUT2D eigenvalue weighted by Gasteiger charge is 2.22. The van der Waals surface area contributed by atoms with Crippen molar-refractivity contribution in [1.29, 1.82) is 0 Å². The highest BCUT2D eigenvalue weighted by Crippen LogP contribution is 2.25. The summed E-state index contributed by atoms with van der Waals surface area (Å²) in [7, 11) is 2.97. The summed E-state index contributed by atoms with van der Waals surface area (Å²) in [5.74, 6) is -0.314. The summed E-state index contributed by atoms with van der Waals surface area (Å²) in [6.07, 6.45) is 1.50. The largest absolute Gasteiger partial charge is 0.333 e. The van der Waals surface area contributed by atoms with E-state index in [1.165, 1.54) is 33.8 Å². The molecule has 0 aliphatic heterocycles. The van der Waals surface area contributed by atoms with Gasteiger partial charge in [0.15, 0.2) is 11.7 Å². The van der Waals surface area contributed by atoms with Gasteiger partial charge in [0.1, 0.15) is 0 Å². The molecule has 0 saturated heterocycles. The molecule has 2 N–H and O–H groups in total. The van der Waals surface area contributed by atoms with E-state index in [0.29, 0.717) is 10.8 Å². The number of hydrogen-bond acceptors (Lipinski definition) is 5. The van der Waals surface area contributed by atoms with Gasteiger partial charge in [-0.2, -0.15) is 0 Å². The van der Waals surface area contributed by atoms with E-state index in [2.05, 4.69) is 15.3 Å². The first-order valence-corrected chi connectivity index (χ1v) is 8.59. The minimum absolute atomic E-state index is 0.0800. The fourth-order valence-electron chi connectivity index (χ4n) is 2.82. The van der Waals surface area contributed by atoms with E-state index in [0.717, 1.165) is 14.8 Å². The lowest BCUT2D eigenvalue weighted by Crippen LogP contribution is -2.46. The number of imidazole rings is 1. The molecule has 1 aromatic carbocycles. The molecule has 0 aliphatic rings. The molecule has 0 atom stereocenters. The minimum atomic E-state index is -0.461. The molecule has 0 spiro atoms. The van der Waals surface area contributed by atoms with Crippen LogP contribution < -0.4 is 21.1 Å². The van der Waals surface area contributed by atoms with Gasteiger partial charge in [-0.15, -0.1) is 0 Å². The summed E-state index contributed by atoms with van der Waals surface area (Å²) in [5.41, 5.74) is 0.545. The Morgan fingerprint density at radius 1 is 1.27 bits per heavy atom. The second-order valence-electron chi connectivity index (χ2n) is 5.84. The van der Waals surface area contributed by atoms with Crippen LogP contribution in [0.1, 0.15) is 0 Å². The molecule has 10 heteroatoms. The fourth-order valence-corrected chi connectivity index (χ4v) is 3.70. The van der Waals surface area contributed by atoms with Crippen LogP contribution in [-0.2, 0) is 25.4 Å². The van der Waals surface area contributed by atoms with Crippen LogP contribution in [-0.4, -0.2) is 25.0 Å². The van der Waals surface area contributed by atoms with Gasteiger partial charge in [-0.3, -0.25) is 24.0 Å². The van der Waals surface area contributed by atoms with Gasteiger partial charge in [0.05, 0.1) is 10.2 Å². The third kappa shape index (κ3) is 2.51. The van der Waals surface area contributed by atoms with Gasteiger partial charge in [0.25, 0.3) is 17.1 Å². The molecule has 4 aromatic rings. The predicted molar refractivity (Wildman–Crippen MR) is 97.2 cm³/mol. The van der Waals surface area contributed by atoms with E-state index in [9.17, 15) is 14.4 Å². The molecule has 3 aromatic heterocycles. The van der Waals surface area contributed by atoms with Crippen LogP contribution in [0.4, 0.5) is 5.13 Å². The van der Waals surface area contributed by atoms with E-state index in [-0.39, 0.29) is 18.0 Å². The van der Waals surface area contributed by atoms with Crippen LogP contribution in [0, 0.1) is 0 Å². The minimum Gasteiger partial charge on any atom is -0.298 e. The average molecular weight is 371 g/mol. The van der Waals surface area contributed by atoms with Crippen LogP contribution in [0.25, 0.3) is 21.4 Å². The number of rotatable bonds is 3. The number of aromatic nitrogens is 5. The quantitative estimate of drug-likeness (QED) is 0.498. The van der Waals surface area contributed by atoms with E-state index in [4.69, 9.17) is 0 Å². The molecular formula is C16H15N6O3S+. The van der Waals surface area contributed by atoms with Gasteiger partial charge in [-0.05, 0) is 12.1 Å². The van der Waals surface area contributed by atoms with E-state index >= 15 is 0 Å². The maximum Gasteiger partial charge on any atom is 0.333 e. The van der Waals surface area contributed by atoms with E-state index < -0.39 is 11.2 Å².